The fraction of sp³-hybridized carbons (Fsp3) is 0.167. The Balaban J connectivity index is 1.43. The van der Waals surface area contributed by atoms with Gasteiger partial charge < -0.3 is 15.4 Å². The summed E-state index contributed by atoms with van der Waals surface area (Å²) in [5.74, 6) is -2.42. The summed E-state index contributed by atoms with van der Waals surface area (Å²) in [6.07, 6.45) is 1.60. The van der Waals surface area contributed by atoms with E-state index in [0.29, 0.717) is 22.5 Å². The number of unbranched alkanes of at least 4 members (excludes halogenated alkanes) is 1. The molecule has 1 aliphatic rings. The second-order valence-corrected chi connectivity index (χ2v) is 9.34. The predicted molar refractivity (Wildman–Crippen MR) is 151 cm³/mol. The number of halogens is 1. The molecular formula is C30H26ClN3O6. The SMILES string of the molecule is CCCCOC(=O)c1cccc(N2C(=O)C(Cl)=C(Nc3ccc(C(=O)Nc4ccc(C(C)=O)cc4)cc3)C2=O)c1. The van der Waals surface area contributed by atoms with Gasteiger partial charge in [0.2, 0.25) is 0 Å². The normalized spacial score (nSPS) is 12.9. The minimum absolute atomic E-state index is 0.0715. The third-order valence-corrected chi connectivity index (χ3v) is 6.41. The lowest BCUT2D eigenvalue weighted by Crippen LogP contribution is -2.32. The van der Waals surface area contributed by atoms with Crippen LogP contribution >= 0.6 is 11.6 Å². The first-order valence-corrected chi connectivity index (χ1v) is 12.9. The highest BCUT2D eigenvalue weighted by Crippen LogP contribution is 2.31. The number of hydrogen-bond acceptors (Lipinski definition) is 7. The van der Waals surface area contributed by atoms with Gasteiger partial charge in [-0.2, -0.15) is 0 Å². The molecule has 0 aromatic heterocycles. The van der Waals surface area contributed by atoms with Crippen molar-refractivity contribution >= 4 is 58.1 Å². The zero-order valence-corrected chi connectivity index (χ0v) is 22.6. The second-order valence-electron chi connectivity index (χ2n) is 8.96. The van der Waals surface area contributed by atoms with E-state index in [1.165, 1.54) is 25.1 Å². The van der Waals surface area contributed by atoms with Crippen LogP contribution in [-0.4, -0.2) is 36.1 Å². The van der Waals surface area contributed by atoms with Gasteiger partial charge in [0.25, 0.3) is 17.7 Å². The van der Waals surface area contributed by atoms with Gasteiger partial charge >= 0.3 is 5.97 Å². The summed E-state index contributed by atoms with van der Waals surface area (Å²) in [6, 6.07) is 18.8. The molecule has 10 heteroatoms. The Morgan fingerprint density at radius 1 is 0.850 bits per heavy atom. The molecule has 1 aliphatic heterocycles. The number of ether oxygens (including phenoxy) is 1. The number of nitrogens with zero attached hydrogens (tertiary/aromatic N) is 1. The lowest BCUT2D eigenvalue weighted by Gasteiger charge is -2.16. The van der Waals surface area contributed by atoms with Crippen LogP contribution in [-0.2, 0) is 14.3 Å². The maximum Gasteiger partial charge on any atom is 0.338 e. The third-order valence-electron chi connectivity index (χ3n) is 6.06. The number of carbonyl (C=O) groups is 5. The van der Waals surface area contributed by atoms with Crippen molar-refractivity contribution < 1.29 is 28.7 Å². The van der Waals surface area contributed by atoms with Gasteiger partial charge in [0, 0.05) is 22.5 Å². The van der Waals surface area contributed by atoms with E-state index in [0.717, 1.165) is 17.7 Å². The number of rotatable bonds is 10. The van der Waals surface area contributed by atoms with Gasteiger partial charge in [-0.25, -0.2) is 9.69 Å². The van der Waals surface area contributed by atoms with Gasteiger partial charge in [0.15, 0.2) is 5.78 Å². The molecule has 0 fully saturated rings. The molecule has 3 aromatic carbocycles. The molecule has 0 saturated heterocycles. The molecule has 0 spiro atoms. The lowest BCUT2D eigenvalue weighted by atomic mass is 10.1. The number of esters is 1. The Hall–Kier alpha value is -4.76. The average molecular weight is 560 g/mol. The van der Waals surface area contributed by atoms with Gasteiger partial charge in [-0.05, 0) is 80.1 Å². The van der Waals surface area contributed by atoms with Crippen LogP contribution in [0.15, 0.2) is 83.5 Å². The van der Waals surface area contributed by atoms with E-state index in [4.69, 9.17) is 16.3 Å². The van der Waals surface area contributed by atoms with Crippen molar-refractivity contribution in [1.29, 1.82) is 0 Å². The molecule has 0 bridgehead atoms. The van der Waals surface area contributed by atoms with Gasteiger partial charge in [-0.1, -0.05) is 31.0 Å². The maximum absolute atomic E-state index is 13.2. The third kappa shape index (κ3) is 6.27. The van der Waals surface area contributed by atoms with Crippen molar-refractivity contribution in [2.75, 3.05) is 22.1 Å². The summed E-state index contributed by atoms with van der Waals surface area (Å²) < 4.78 is 5.22. The molecule has 40 heavy (non-hydrogen) atoms. The first kappa shape index (κ1) is 28.3. The van der Waals surface area contributed by atoms with Gasteiger partial charge in [-0.15, -0.1) is 0 Å². The molecule has 9 nitrogen and oxygen atoms in total. The number of anilines is 3. The standard InChI is InChI=1S/C30H26ClN3O6/c1-3-4-16-40-30(39)21-6-5-7-24(17-21)34-28(37)25(31)26(29(34)38)32-22-14-10-20(11-15-22)27(36)33-23-12-8-19(9-13-23)18(2)35/h5-15,17,32H,3-4,16H2,1-2H3,(H,33,36). The molecule has 0 unspecified atom stereocenters. The molecule has 0 radical (unpaired) electrons. The minimum atomic E-state index is -0.738. The number of Topliss-reactive ketones (excluding diaryl/α,β-unsaturated/α-hetero) is 1. The van der Waals surface area contributed by atoms with Crippen molar-refractivity contribution in [2.45, 2.75) is 26.7 Å². The average Bonchev–Trinajstić information content (AvgIpc) is 3.16. The molecule has 0 saturated carbocycles. The van der Waals surface area contributed by atoms with E-state index >= 15 is 0 Å². The van der Waals surface area contributed by atoms with E-state index in [1.807, 2.05) is 6.92 Å². The summed E-state index contributed by atoms with van der Waals surface area (Å²) in [5, 5.41) is 5.29. The quantitative estimate of drug-likeness (QED) is 0.145. The van der Waals surface area contributed by atoms with Crippen LogP contribution in [0.25, 0.3) is 0 Å². The highest BCUT2D eigenvalue weighted by atomic mass is 35.5. The Kier molecular flexibility index (Phi) is 8.76. The fourth-order valence-corrected chi connectivity index (χ4v) is 4.06. The van der Waals surface area contributed by atoms with E-state index in [-0.39, 0.29) is 40.3 Å². The van der Waals surface area contributed by atoms with Crippen LogP contribution in [0.3, 0.4) is 0 Å². The van der Waals surface area contributed by atoms with Crippen LogP contribution in [0.4, 0.5) is 17.1 Å². The van der Waals surface area contributed by atoms with Gasteiger partial charge in [0.05, 0.1) is 17.9 Å². The Morgan fingerprint density at radius 2 is 1.50 bits per heavy atom. The molecule has 204 valence electrons. The van der Waals surface area contributed by atoms with Crippen molar-refractivity contribution in [3.05, 3.63) is 100 Å². The predicted octanol–water partition coefficient (Wildman–Crippen LogP) is 5.53. The summed E-state index contributed by atoms with van der Waals surface area (Å²) in [6.45, 7) is 3.72. The van der Waals surface area contributed by atoms with Crippen LogP contribution in [0, 0.1) is 0 Å². The Morgan fingerprint density at radius 3 is 2.15 bits per heavy atom. The minimum Gasteiger partial charge on any atom is -0.462 e. The zero-order valence-electron chi connectivity index (χ0n) is 21.8. The Bertz CT molecular complexity index is 1510. The molecule has 0 atom stereocenters. The van der Waals surface area contributed by atoms with Crippen LogP contribution in [0.5, 0.6) is 0 Å². The number of hydrogen-bond donors (Lipinski definition) is 2. The first-order valence-electron chi connectivity index (χ1n) is 12.5. The molecular weight excluding hydrogens is 534 g/mol. The van der Waals surface area contributed by atoms with E-state index in [1.54, 1.807) is 54.6 Å². The van der Waals surface area contributed by atoms with Crippen molar-refractivity contribution in [3.63, 3.8) is 0 Å². The number of benzene rings is 3. The summed E-state index contributed by atoms with van der Waals surface area (Å²) in [4.78, 5) is 63.3. The zero-order chi connectivity index (χ0) is 28.8. The molecule has 1 heterocycles. The van der Waals surface area contributed by atoms with E-state index in [2.05, 4.69) is 10.6 Å². The van der Waals surface area contributed by atoms with Gasteiger partial charge in [0.1, 0.15) is 10.7 Å². The van der Waals surface area contributed by atoms with Crippen LogP contribution in [0.2, 0.25) is 0 Å². The van der Waals surface area contributed by atoms with E-state index in [9.17, 15) is 24.0 Å². The monoisotopic (exact) mass is 559 g/mol. The number of nitrogens with one attached hydrogen (secondary N) is 2. The molecule has 3 amide bonds. The van der Waals surface area contributed by atoms with Gasteiger partial charge in [-0.3, -0.25) is 19.2 Å². The van der Waals surface area contributed by atoms with Crippen LogP contribution < -0.4 is 15.5 Å². The van der Waals surface area contributed by atoms with Crippen molar-refractivity contribution in [3.8, 4) is 0 Å². The van der Waals surface area contributed by atoms with Crippen molar-refractivity contribution in [1.82, 2.24) is 0 Å². The van der Waals surface area contributed by atoms with Crippen LogP contribution in [0.1, 0.15) is 57.8 Å². The molecule has 2 N–H and O–H groups in total. The molecule has 3 aromatic rings. The fourth-order valence-electron chi connectivity index (χ4n) is 3.85. The maximum atomic E-state index is 13.2. The number of carbonyl (C=O) groups excluding carboxylic acids is 5. The highest BCUT2D eigenvalue weighted by Gasteiger charge is 2.39. The lowest BCUT2D eigenvalue weighted by molar-refractivity contribution is -0.120. The summed E-state index contributed by atoms with van der Waals surface area (Å²) in [5.41, 5.74) is 2.09. The number of amides is 3. The largest absolute Gasteiger partial charge is 0.462 e. The summed E-state index contributed by atoms with van der Waals surface area (Å²) >= 11 is 6.24. The highest BCUT2D eigenvalue weighted by molar-refractivity contribution is 6.53. The first-order chi connectivity index (χ1) is 19.2. The second kappa shape index (κ2) is 12.4. The van der Waals surface area contributed by atoms with E-state index < -0.39 is 17.8 Å². The number of imide groups is 1. The van der Waals surface area contributed by atoms with Crippen molar-refractivity contribution in [2.24, 2.45) is 0 Å². The topological polar surface area (TPSA) is 122 Å². The summed E-state index contributed by atoms with van der Waals surface area (Å²) in [7, 11) is 0. The Labute approximate surface area is 235 Å². The number of ketones is 1. The molecule has 0 aliphatic carbocycles. The molecule has 4 rings (SSSR count). The smallest absolute Gasteiger partial charge is 0.338 e.